The van der Waals surface area contributed by atoms with Crippen molar-refractivity contribution in [3.63, 3.8) is 0 Å². The number of nitrogen functional groups attached to an aromatic ring is 1. The van der Waals surface area contributed by atoms with Crippen LogP contribution in [0.25, 0.3) is 0 Å². The average molecular weight is 335 g/mol. The number of hydrogen-bond acceptors (Lipinski definition) is 5. The molecular formula is C16H21N3O3S. The largest absolute Gasteiger partial charge is 0.399 e. The highest BCUT2D eigenvalue weighted by molar-refractivity contribution is 7.92. The Bertz CT molecular complexity index is 728. The molecule has 0 amide bonds. The summed E-state index contributed by atoms with van der Waals surface area (Å²) in [6, 6.07) is 13.1. The van der Waals surface area contributed by atoms with Gasteiger partial charge in [0.25, 0.3) is 10.0 Å². The molecule has 7 heteroatoms. The molecular weight excluding hydrogens is 314 g/mol. The normalized spacial score (nSPS) is 11.2. The van der Waals surface area contributed by atoms with Crippen LogP contribution < -0.4 is 15.4 Å². The van der Waals surface area contributed by atoms with E-state index in [2.05, 4.69) is 4.72 Å². The Kier molecular flexibility index (Phi) is 5.46. The lowest BCUT2D eigenvalue weighted by molar-refractivity contribution is 0.302. The van der Waals surface area contributed by atoms with Crippen LogP contribution in [0.1, 0.15) is 6.92 Å². The number of anilines is 3. The van der Waals surface area contributed by atoms with Crippen molar-refractivity contribution in [1.82, 2.24) is 0 Å². The van der Waals surface area contributed by atoms with Crippen molar-refractivity contribution >= 4 is 27.1 Å². The predicted molar refractivity (Wildman–Crippen MR) is 93.1 cm³/mol. The average Bonchev–Trinajstić information content (AvgIpc) is 2.53. The van der Waals surface area contributed by atoms with Gasteiger partial charge in [0.05, 0.1) is 11.5 Å². The molecule has 0 aliphatic heterocycles. The van der Waals surface area contributed by atoms with Crippen molar-refractivity contribution in [2.24, 2.45) is 0 Å². The quantitative estimate of drug-likeness (QED) is 0.672. The number of benzene rings is 2. The molecule has 0 bridgehead atoms. The molecule has 0 saturated heterocycles. The van der Waals surface area contributed by atoms with E-state index < -0.39 is 10.0 Å². The molecule has 0 aliphatic rings. The number of rotatable bonds is 7. The third kappa shape index (κ3) is 4.37. The Labute approximate surface area is 136 Å². The number of aliphatic hydroxyl groups excluding tert-OH is 1. The van der Waals surface area contributed by atoms with Crippen LogP contribution in [0.4, 0.5) is 17.1 Å². The highest BCUT2D eigenvalue weighted by atomic mass is 32.2. The van der Waals surface area contributed by atoms with E-state index in [1.165, 1.54) is 12.1 Å². The summed E-state index contributed by atoms with van der Waals surface area (Å²) in [7, 11) is -3.64. The summed E-state index contributed by atoms with van der Waals surface area (Å²) in [5.74, 6) is 0. The first-order valence-electron chi connectivity index (χ1n) is 7.30. The molecule has 2 aromatic rings. The lowest BCUT2D eigenvalue weighted by Crippen LogP contribution is -2.26. The minimum absolute atomic E-state index is 0.0688. The third-order valence-corrected chi connectivity index (χ3v) is 4.82. The Balaban J connectivity index is 2.15. The highest BCUT2D eigenvalue weighted by Gasteiger charge is 2.14. The summed E-state index contributed by atoms with van der Waals surface area (Å²) in [6.07, 6.45) is 0. The first-order valence-corrected chi connectivity index (χ1v) is 8.79. The number of aliphatic hydroxyl groups is 1. The summed E-state index contributed by atoms with van der Waals surface area (Å²) < 4.78 is 27.1. The minimum Gasteiger partial charge on any atom is -0.399 e. The molecule has 0 spiro atoms. The van der Waals surface area contributed by atoms with Gasteiger partial charge in [-0.15, -0.1) is 0 Å². The number of hydrogen-bond donors (Lipinski definition) is 3. The highest BCUT2D eigenvalue weighted by Crippen LogP contribution is 2.21. The molecule has 0 radical (unpaired) electrons. The zero-order valence-corrected chi connectivity index (χ0v) is 13.8. The summed E-state index contributed by atoms with van der Waals surface area (Å²) in [5.41, 5.74) is 7.48. The first kappa shape index (κ1) is 17.1. The minimum atomic E-state index is -3.64. The van der Waals surface area contributed by atoms with Gasteiger partial charge in [0, 0.05) is 30.2 Å². The van der Waals surface area contributed by atoms with E-state index in [1.54, 1.807) is 24.3 Å². The van der Waals surface area contributed by atoms with Crippen molar-refractivity contribution in [2.45, 2.75) is 11.8 Å². The topological polar surface area (TPSA) is 95.7 Å². The van der Waals surface area contributed by atoms with Gasteiger partial charge in [0.15, 0.2) is 0 Å². The summed E-state index contributed by atoms with van der Waals surface area (Å²) >= 11 is 0. The molecule has 2 rings (SSSR count). The molecule has 0 heterocycles. The molecule has 23 heavy (non-hydrogen) atoms. The smallest absolute Gasteiger partial charge is 0.261 e. The van der Waals surface area contributed by atoms with E-state index in [4.69, 9.17) is 10.8 Å². The van der Waals surface area contributed by atoms with Crippen LogP contribution in [0.3, 0.4) is 0 Å². The lowest BCUT2D eigenvalue weighted by Gasteiger charge is -2.22. The number of nitrogens with two attached hydrogens (primary N) is 1. The molecule has 0 atom stereocenters. The van der Waals surface area contributed by atoms with Gasteiger partial charge in [-0.1, -0.05) is 0 Å². The predicted octanol–water partition coefficient (Wildman–Crippen LogP) is 1.89. The third-order valence-electron chi connectivity index (χ3n) is 3.43. The van der Waals surface area contributed by atoms with Gasteiger partial charge in [0.2, 0.25) is 0 Å². The maximum absolute atomic E-state index is 12.3. The fraction of sp³-hybridized carbons (Fsp3) is 0.250. The second kappa shape index (κ2) is 7.34. The van der Waals surface area contributed by atoms with E-state index in [0.29, 0.717) is 17.9 Å². The second-order valence-electron chi connectivity index (χ2n) is 5.02. The van der Waals surface area contributed by atoms with Crippen LogP contribution in [-0.4, -0.2) is 33.2 Å². The van der Waals surface area contributed by atoms with Gasteiger partial charge < -0.3 is 15.7 Å². The van der Waals surface area contributed by atoms with E-state index in [-0.39, 0.29) is 11.5 Å². The van der Waals surface area contributed by atoms with Crippen LogP contribution in [0.5, 0.6) is 0 Å². The van der Waals surface area contributed by atoms with E-state index in [0.717, 1.165) is 12.2 Å². The SMILES string of the molecule is CCN(CCO)c1ccc(NS(=O)(=O)c2ccc(N)cc2)cc1. The maximum atomic E-state index is 12.3. The van der Waals surface area contributed by atoms with Crippen LogP contribution in [0.2, 0.25) is 0 Å². The van der Waals surface area contributed by atoms with Gasteiger partial charge in [0.1, 0.15) is 0 Å². The molecule has 0 aromatic heterocycles. The number of sulfonamides is 1. The Morgan fingerprint density at radius 2 is 1.70 bits per heavy atom. The van der Waals surface area contributed by atoms with Gasteiger partial charge in [-0.05, 0) is 55.5 Å². The van der Waals surface area contributed by atoms with E-state index in [1.807, 2.05) is 24.0 Å². The zero-order chi connectivity index (χ0) is 16.9. The molecule has 2 aromatic carbocycles. The van der Waals surface area contributed by atoms with Crippen LogP contribution >= 0.6 is 0 Å². The fourth-order valence-corrected chi connectivity index (χ4v) is 3.25. The molecule has 4 N–H and O–H groups in total. The Morgan fingerprint density at radius 1 is 1.09 bits per heavy atom. The monoisotopic (exact) mass is 335 g/mol. The standard InChI is InChI=1S/C16H21N3O3S/c1-2-19(11-12-20)15-7-5-14(6-8-15)18-23(21,22)16-9-3-13(17)4-10-16/h3-10,18,20H,2,11-12,17H2,1H3. The fourth-order valence-electron chi connectivity index (χ4n) is 2.19. The zero-order valence-electron chi connectivity index (χ0n) is 12.9. The van der Waals surface area contributed by atoms with Gasteiger partial charge in [-0.3, -0.25) is 4.72 Å². The van der Waals surface area contributed by atoms with Gasteiger partial charge in [-0.25, -0.2) is 8.42 Å². The van der Waals surface area contributed by atoms with E-state index >= 15 is 0 Å². The Morgan fingerprint density at radius 3 is 2.22 bits per heavy atom. The maximum Gasteiger partial charge on any atom is 0.261 e. The Hall–Kier alpha value is -2.25. The summed E-state index contributed by atoms with van der Waals surface area (Å²) in [6.45, 7) is 3.36. The summed E-state index contributed by atoms with van der Waals surface area (Å²) in [4.78, 5) is 2.16. The van der Waals surface area contributed by atoms with Crippen molar-refractivity contribution in [3.8, 4) is 0 Å². The molecule has 0 unspecified atom stereocenters. The molecule has 6 nitrogen and oxygen atoms in total. The van der Waals surface area contributed by atoms with Crippen LogP contribution in [0.15, 0.2) is 53.4 Å². The van der Waals surface area contributed by atoms with Gasteiger partial charge >= 0.3 is 0 Å². The van der Waals surface area contributed by atoms with Crippen molar-refractivity contribution in [1.29, 1.82) is 0 Å². The number of likely N-dealkylation sites (N-methyl/N-ethyl adjacent to an activating group) is 1. The molecule has 0 fully saturated rings. The van der Waals surface area contributed by atoms with Crippen LogP contribution in [-0.2, 0) is 10.0 Å². The molecule has 124 valence electrons. The number of nitrogens with zero attached hydrogens (tertiary/aromatic N) is 1. The van der Waals surface area contributed by atoms with E-state index in [9.17, 15) is 8.42 Å². The summed E-state index contributed by atoms with van der Waals surface area (Å²) in [5, 5.41) is 9.04. The van der Waals surface area contributed by atoms with Crippen molar-refractivity contribution < 1.29 is 13.5 Å². The number of nitrogens with one attached hydrogen (secondary N) is 1. The first-order chi connectivity index (χ1) is 11.0. The molecule has 0 saturated carbocycles. The molecule has 0 aliphatic carbocycles. The van der Waals surface area contributed by atoms with Gasteiger partial charge in [-0.2, -0.15) is 0 Å². The van der Waals surface area contributed by atoms with Crippen molar-refractivity contribution in [3.05, 3.63) is 48.5 Å². The van der Waals surface area contributed by atoms with Crippen LogP contribution in [0, 0.1) is 0 Å². The van der Waals surface area contributed by atoms with Crippen molar-refractivity contribution in [2.75, 3.05) is 35.1 Å². The lowest BCUT2D eigenvalue weighted by atomic mass is 10.2. The second-order valence-corrected chi connectivity index (χ2v) is 6.71.